The smallest absolute Gasteiger partial charge is 0.338 e. The van der Waals surface area contributed by atoms with Gasteiger partial charge in [-0.3, -0.25) is 0 Å². The molecule has 0 aliphatic heterocycles. The first-order valence-electron chi connectivity index (χ1n) is 5.73. The molecule has 0 atom stereocenters. The van der Waals surface area contributed by atoms with Crippen molar-refractivity contribution in [2.75, 3.05) is 0 Å². The van der Waals surface area contributed by atoms with Gasteiger partial charge in [-0.05, 0) is 18.2 Å². The number of aromatic nitrogens is 2. The fourth-order valence-electron chi connectivity index (χ4n) is 1.97. The van der Waals surface area contributed by atoms with Gasteiger partial charge in [0.05, 0.1) is 16.6 Å². The molecule has 2 N–H and O–H groups in total. The molecule has 0 fully saturated rings. The summed E-state index contributed by atoms with van der Waals surface area (Å²) in [5.41, 5.74) is 1.32. The van der Waals surface area contributed by atoms with Crippen LogP contribution < -0.4 is 0 Å². The molecule has 100 valence electrons. The summed E-state index contributed by atoms with van der Waals surface area (Å²) >= 11 is 3.37. The Kier molecular flexibility index (Phi) is 3.02. The lowest BCUT2D eigenvalue weighted by molar-refractivity contribution is 0.0692. The molecule has 20 heavy (non-hydrogen) atoms. The largest absolute Gasteiger partial charge is 0.478 e. The molecule has 2 aromatic carbocycles. The van der Waals surface area contributed by atoms with E-state index in [4.69, 9.17) is 5.11 Å². The van der Waals surface area contributed by atoms with Crippen LogP contribution in [0.4, 0.5) is 4.39 Å². The van der Waals surface area contributed by atoms with Gasteiger partial charge >= 0.3 is 5.97 Å². The van der Waals surface area contributed by atoms with E-state index in [2.05, 4.69) is 25.9 Å². The molecule has 6 heteroatoms. The highest BCUT2D eigenvalue weighted by atomic mass is 79.9. The molecule has 0 unspecified atom stereocenters. The molecule has 3 aromatic rings. The molecular weight excluding hydrogens is 327 g/mol. The molecule has 0 saturated carbocycles. The van der Waals surface area contributed by atoms with E-state index >= 15 is 0 Å². The Hall–Kier alpha value is -2.21. The Morgan fingerprint density at radius 1 is 1.30 bits per heavy atom. The van der Waals surface area contributed by atoms with Crippen LogP contribution in [0.2, 0.25) is 0 Å². The van der Waals surface area contributed by atoms with Crippen molar-refractivity contribution in [2.24, 2.45) is 0 Å². The fraction of sp³-hybridized carbons (Fsp3) is 0. The fourth-order valence-corrected chi connectivity index (χ4v) is 2.37. The highest BCUT2D eigenvalue weighted by Gasteiger charge is 2.14. The van der Waals surface area contributed by atoms with Gasteiger partial charge < -0.3 is 10.1 Å². The van der Waals surface area contributed by atoms with Crippen LogP contribution in [0, 0.1) is 5.82 Å². The Morgan fingerprint density at radius 3 is 2.80 bits per heavy atom. The number of nitrogens with one attached hydrogen (secondary N) is 1. The first-order chi connectivity index (χ1) is 9.54. The highest BCUT2D eigenvalue weighted by Crippen LogP contribution is 2.24. The van der Waals surface area contributed by atoms with Gasteiger partial charge in [0, 0.05) is 16.1 Å². The van der Waals surface area contributed by atoms with E-state index < -0.39 is 11.8 Å². The van der Waals surface area contributed by atoms with Gasteiger partial charge in [0.25, 0.3) is 0 Å². The number of carboxylic acid groups (broad SMARTS) is 1. The topological polar surface area (TPSA) is 66.0 Å². The number of rotatable bonds is 2. The lowest BCUT2D eigenvalue weighted by Crippen LogP contribution is -1.99. The van der Waals surface area contributed by atoms with E-state index in [0.717, 1.165) is 16.1 Å². The second-order valence-corrected chi connectivity index (χ2v) is 5.17. The zero-order valence-electron chi connectivity index (χ0n) is 10.0. The van der Waals surface area contributed by atoms with Gasteiger partial charge in [-0.25, -0.2) is 14.2 Å². The number of benzene rings is 2. The number of hydrogen-bond acceptors (Lipinski definition) is 2. The molecule has 0 radical (unpaired) electrons. The molecule has 0 aliphatic rings. The number of fused-ring (bicyclic) bond motifs is 1. The molecule has 0 aliphatic carbocycles. The first kappa shape index (κ1) is 12.8. The van der Waals surface area contributed by atoms with E-state index in [1.54, 1.807) is 0 Å². The van der Waals surface area contributed by atoms with Crippen LogP contribution in [0.15, 0.2) is 40.9 Å². The number of carboxylic acids is 1. The number of halogens is 2. The zero-order valence-corrected chi connectivity index (χ0v) is 11.6. The van der Waals surface area contributed by atoms with Gasteiger partial charge in [-0.15, -0.1) is 0 Å². The monoisotopic (exact) mass is 334 g/mol. The van der Waals surface area contributed by atoms with Crippen LogP contribution in [0.5, 0.6) is 0 Å². The summed E-state index contributed by atoms with van der Waals surface area (Å²) in [5.74, 6) is -1.53. The summed E-state index contributed by atoms with van der Waals surface area (Å²) in [5, 5.41) is 8.90. The molecule has 1 aromatic heterocycles. The summed E-state index contributed by atoms with van der Waals surface area (Å²) in [6.45, 7) is 0. The van der Waals surface area contributed by atoms with E-state index in [0.29, 0.717) is 16.9 Å². The van der Waals surface area contributed by atoms with Crippen LogP contribution in [0.25, 0.3) is 22.4 Å². The van der Waals surface area contributed by atoms with Crippen LogP contribution >= 0.6 is 15.9 Å². The van der Waals surface area contributed by atoms with E-state index in [1.807, 2.05) is 24.3 Å². The Labute approximate surface area is 121 Å². The van der Waals surface area contributed by atoms with Crippen molar-refractivity contribution < 1.29 is 14.3 Å². The summed E-state index contributed by atoms with van der Waals surface area (Å²) in [4.78, 5) is 18.2. The predicted molar refractivity (Wildman–Crippen MR) is 76.1 cm³/mol. The van der Waals surface area contributed by atoms with Crippen LogP contribution in [-0.4, -0.2) is 21.0 Å². The minimum Gasteiger partial charge on any atom is -0.478 e. The predicted octanol–water partition coefficient (Wildman–Crippen LogP) is 3.83. The third-order valence-electron chi connectivity index (χ3n) is 2.90. The molecule has 1 heterocycles. The summed E-state index contributed by atoms with van der Waals surface area (Å²) in [6, 6.07) is 9.84. The quantitative estimate of drug-likeness (QED) is 0.748. The minimum atomic E-state index is -1.31. The number of aromatic carboxylic acids is 1. The minimum absolute atomic E-state index is 0.384. The van der Waals surface area contributed by atoms with Crippen LogP contribution in [0.1, 0.15) is 10.4 Å². The van der Waals surface area contributed by atoms with E-state index in [9.17, 15) is 9.18 Å². The van der Waals surface area contributed by atoms with Crippen molar-refractivity contribution in [3.8, 4) is 11.4 Å². The Balaban J connectivity index is 2.18. The molecule has 3 rings (SSSR count). The normalized spacial score (nSPS) is 10.9. The second kappa shape index (κ2) is 4.72. The van der Waals surface area contributed by atoms with Crippen molar-refractivity contribution in [1.82, 2.24) is 9.97 Å². The van der Waals surface area contributed by atoms with Gasteiger partial charge in [0.15, 0.2) is 0 Å². The SMILES string of the molecule is O=C(O)c1cc2nc(-c3cccc(Br)c3)[nH]c2cc1F. The maximum Gasteiger partial charge on any atom is 0.338 e. The van der Waals surface area contributed by atoms with Crippen molar-refractivity contribution in [2.45, 2.75) is 0 Å². The van der Waals surface area contributed by atoms with Crippen LogP contribution in [-0.2, 0) is 0 Å². The number of H-pyrrole nitrogens is 1. The second-order valence-electron chi connectivity index (χ2n) is 4.25. The summed E-state index contributed by atoms with van der Waals surface area (Å²) in [7, 11) is 0. The lowest BCUT2D eigenvalue weighted by Gasteiger charge is -1.96. The standard InChI is InChI=1S/C14H8BrFN2O2/c15-8-3-1-2-7(4-8)13-17-11-5-9(14(19)20)10(16)6-12(11)18-13/h1-6H,(H,17,18)(H,19,20). The Bertz CT molecular complexity index is 829. The zero-order chi connectivity index (χ0) is 14.3. The molecule has 0 bridgehead atoms. The molecule has 0 saturated heterocycles. The average Bonchev–Trinajstić information content (AvgIpc) is 2.80. The van der Waals surface area contributed by atoms with Gasteiger partial charge in [-0.1, -0.05) is 28.1 Å². The highest BCUT2D eigenvalue weighted by molar-refractivity contribution is 9.10. The maximum absolute atomic E-state index is 13.6. The molecule has 0 spiro atoms. The number of aromatic amines is 1. The average molecular weight is 335 g/mol. The number of nitrogens with zero attached hydrogens (tertiary/aromatic N) is 1. The van der Waals surface area contributed by atoms with Crippen molar-refractivity contribution in [3.63, 3.8) is 0 Å². The maximum atomic E-state index is 13.6. The van der Waals surface area contributed by atoms with Gasteiger partial charge in [0.2, 0.25) is 0 Å². The lowest BCUT2D eigenvalue weighted by atomic mass is 10.2. The summed E-state index contributed by atoms with van der Waals surface area (Å²) < 4.78 is 14.5. The van der Waals surface area contributed by atoms with Crippen molar-refractivity contribution >= 4 is 32.9 Å². The van der Waals surface area contributed by atoms with Crippen molar-refractivity contribution in [1.29, 1.82) is 0 Å². The molecule has 0 amide bonds. The third-order valence-corrected chi connectivity index (χ3v) is 3.39. The molecule has 4 nitrogen and oxygen atoms in total. The van der Waals surface area contributed by atoms with E-state index in [-0.39, 0.29) is 5.56 Å². The Morgan fingerprint density at radius 2 is 2.10 bits per heavy atom. The molecular formula is C14H8BrFN2O2. The van der Waals surface area contributed by atoms with Crippen molar-refractivity contribution in [3.05, 3.63) is 52.3 Å². The van der Waals surface area contributed by atoms with Gasteiger partial charge in [0.1, 0.15) is 11.6 Å². The number of imidazole rings is 1. The number of hydrogen-bond donors (Lipinski definition) is 2. The van der Waals surface area contributed by atoms with Crippen LogP contribution in [0.3, 0.4) is 0 Å². The third kappa shape index (κ3) is 2.18. The van der Waals surface area contributed by atoms with Gasteiger partial charge in [-0.2, -0.15) is 0 Å². The number of carbonyl (C=O) groups is 1. The van der Waals surface area contributed by atoms with E-state index in [1.165, 1.54) is 6.07 Å². The summed E-state index contributed by atoms with van der Waals surface area (Å²) in [6.07, 6.45) is 0. The first-order valence-corrected chi connectivity index (χ1v) is 6.52.